The summed E-state index contributed by atoms with van der Waals surface area (Å²) < 4.78 is 12.6. The van der Waals surface area contributed by atoms with Crippen molar-refractivity contribution < 1.29 is 19.1 Å². The number of nitrogens with zero attached hydrogens (tertiary/aromatic N) is 5. The molecule has 0 unspecified atom stereocenters. The van der Waals surface area contributed by atoms with E-state index in [1.807, 2.05) is 61.1 Å². The predicted octanol–water partition coefficient (Wildman–Crippen LogP) is 6.67. The van der Waals surface area contributed by atoms with Gasteiger partial charge < -0.3 is 14.8 Å². The Bertz CT molecular complexity index is 1970. The summed E-state index contributed by atoms with van der Waals surface area (Å²) in [7, 11) is 3.07. The van der Waals surface area contributed by atoms with E-state index in [2.05, 4.69) is 39.8 Å². The lowest BCUT2D eigenvalue weighted by molar-refractivity contribution is -0.130. The van der Waals surface area contributed by atoms with Gasteiger partial charge in [0.15, 0.2) is 22.5 Å². The summed E-state index contributed by atoms with van der Waals surface area (Å²) in [6.07, 6.45) is 0.641. The van der Waals surface area contributed by atoms with Crippen LogP contribution in [0.25, 0.3) is 5.69 Å². The second kappa shape index (κ2) is 14.4. The van der Waals surface area contributed by atoms with Crippen LogP contribution in [0.2, 0.25) is 0 Å². The van der Waals surface area contributed by atoms with Gasteiger partial charge in [-0.25, -0.2) is 5.01 Å². The third kappa shape index (κ3) is 6.85. The van der Waals surface area contributed by atoms with Gasteiger partial charge >= 0.3 is 0 Å². The van der Waals surface area contributed by atoms with E-state index in [4.69, 9.17) is 14.6 Å². The van der Waals surface area contributed by atoms with E-state index in [1.165, 1.54) is 18.9 Å². The van der Waals surface area contributed by atoms with Crippen LogP contribution < -0.4 is 14.8 Å². The minimum Gasteiger partial charge on any atom is -0.493 e. The average molecular weight is 681 g/mol. The van der Waals surface area contributed by atoms with Gasteiger partial charge in [-0.1, -0.05) is 59.8 Å². The van der Waals surface area contributed by atoms with Gasteiger partial charge in [0.2, 0.25) is 0 Å². The number of aromatic nitrogens is 3. The van der Waals surface area contributed by atoms with Gasteiger partial charge in [0.05, 0.1) is 48.8 Å². The fourth-order valence-corrected chi connectivity index (χ4v) is 7.08. The molecule has 1 N–H and O–H groups in total. The SMILES string of the molecule is COc1ccc(C(=O)NCc2nnc(SCC(=O)N3N=C(c4cccs4)C[C@@H]3c3ccc(C)cc3)n2-c2cccc(C)c2C)cc1OC. The molecule has 1 aliphatic rings. The minimum absolute atomic E-state index is 0.102. The smallest absolute Gasteiger partial charge is 0.253 e. The molecule has 0 saturated heterocycles. The molecule has 1 atom stereocenters. The van der Waals surface area contributed by atoms with E-state index >= 15 is 0 Å². The summed E-state index contributed by atoms with van der Waals surface area (Å²) in [6, 6.07) is 23.1. The highest BCUT2D eigenvalue weighted by atomic mass is 32.2. The van der Waals surface area contributed by atoms with Crippen LogP contribution in [0.5, 0.6) is 11.5 Å². The molecule has 10 nitrogen and oxygen atoms in total. The molecule has 5 aromatic rings. The molecule has 3 aromatic carbocycles. The Morgan fingerprint density at radius 1 is 0.958 bits per heavy atom. The summed E-state index contributed by atoms with van der Waals surface area (Å²) in [4.78, 5) is 28.1. The van der Waals surface area contributed by atoms with Crippen LogP contribution in [0.3, 0.4) is 0 Å². The molecule has 0 bridgehead atoms. The monoisotopic (exact) mass is 680 g/mol. The fourth-order valence-electron chi connectivity index (χ4n) is 5.54. The molecule has 0 spiro atoms. The van der Waals surface area contributed by atoms with Crippen molar-refractivity contribution in [3.05, 3.63) is 117 Å². The molecule has 0 fully saturated rings. The zero-order valence-corrected chi connectivity index (χ0v) is 29.0. The zero-order chi connectivity index (χ0) is 33.8. The van der Waals surface area contributed by atoms with Crippen LogP contribution in [0, 0.1) is 20.8 Å². The summed E-state index contributed by atoms with van der Waals surface area (Å²) in [5, 5.41) is 20.9. The van der Waals surface area contributed by atoms with Crippen molar-refractivity contribution >= 4 is 40.6 Å². The number of hydrogen-bond donors (Lipinski definition) is 1. The number of methoxy groups -OCH3 is 2. The number of ether oxygens (including phenoxy) is 2. The van der Waals surface area contributed by atoms with E-state index in [-0.39, 0.29) is 30.2 Å². The maximum absolute atomic E-state index is 13.9. The van der Waals surface area contributed by atoms with E-state index in [9.17, 15) is 9.59 Å². The largest absolute Gasteiger partial charge is 0.493 e. The topological polar surface area (TPSA) is 111 Å². The number of amides is 2. The first-order valence-electron chi connectivity index (χ1n) is 15.4. The highest BCUT2D eigenvalue weighted by Crippen LogP contribution is 2.35. The molecular formula is C36H36N6O4S2. The summed E-state index contributed by atoms with van der Waals surface area (Å²) in [5.41, 5.74) is 6.54. The van der Waals surface area contributed by atoms with E-state index in [0.717, 1.165) is 38.5 Å². The molecule has 0 aliphatic carbocycles. The van der Waals surface area contributed by atoms with Crippen LogP contribution in [0.4, 0.5) is 0 Å². The molecule has 0 radical (unpaired) electrons. The number of carbonyl (C=O) groups is 2. The van der Waals surface area contributed by atoms with Gasteiger partial charge in [0, 0.05) is 12.0 Å². The molecule has 12 heteroatoms. The van der Waals surface area contributed by atoms with Crippen molar-refractivity contribution in [3.63, 3.8) is 0 Å². The van der Waals surface area contributed by atoms with Crippen molar-refractivity contribution in [2.75, 3.05) is 20.0 Å². The van der Waals surface area contributed by atoms with Gasteiger partial charge in [0.25, 0.3) is 11.8 Å². The van der Waals surface area contributed by atoms with Gasteiger partial charge in [-0.2, -0.15) is 5.10 Å². The van der Waals surface area contributed by atoms with Crippen LogP contribution in [-0.2, 0) is 11.3 Å². The number of aryl methyl sites for hydroxylation is 2. The van der Waals surface area contributed by atoms with E-state index in [1.54, 1.807) is 41.7 Å². The first-order valence-corrected chi connectivity index (χ1v) is 17.3. The highest BCUT2D eigenvalue weighted by Gasteiger charge is 2.34. The Balaban J connectivity index is 1.25. The second-order valence-electron chi connectivity index (χ2n) is 11.4. The van der Waals surface area contributed by atoms with Crippen molar-refractivity contribution in [1.29, 1.82) is 0 Å². The van der Waals surface area contributed by atoms with Crippen LogP contribution in [-0.4, -0.2) is 57.3 Å². The normalized spacial score (nSPS) is 14.1. The van der Waals surface area contributed by atoms with E-state index in [0.29, 0.717) is 34.5 Å². The van der Waals surface area contributed by atoms with Crippen molar-refractivity contribution in [1.82, 2.24) is 25.1 Å². The van der Waals surface area contributed by atoms with Crippen molar-refractivity contribution in [3.8, 4) is 17.2 Å². The highest BCUT2D eigenvalue weighted by molar-refractivity contribution is 7.99. The quantitative estimate of drug-likeness (QED) is 0.155. The Kier molecular flexibility index (Phi) is 9.93. The van der Waals surface area contributed by atoms with Gasteiger partial charge in [-0.3, -0.25) is 14.2 Å². The van der Waals surface area contributed by atoms with Crippen LogP contribution >= 0.6 is 23.1 Å². The minimum atomic E-state index is -0.300. The number of hydrazone groups is 1. The number of rotatable bonds is 11. The number of carbonyl (C=O) groups excluding carboxylic acids is 2. The summed E-state index contributed by atoms with van der Waals surface area (Å²) >= 11 is 2.92. The number of nitrogens with one attached hydrogen (secondary N) is 1. The third-order valence-corrected chi connectivity index (χ3v) is 10.2. The molecule has 246 valence electrons. The molecule has 1 aliphatic heterocycles. The third-order valence-electron chi connectivity index (χ3n) is 8.33. The molecule has 3 heterocycles. The molecule has 2 aromatic heterocycles. The number of thioether (sulfide) groups is 1. The standard InChI is InChI=1S/C36H36N6O4S2/c1-22-11-13-25(14-12-22)29-19-27(32-10-7-17-47-32)40-42(29)34(43)21-48-36-39-38-33(41(36)28-9-6-8-23(2)24(28)3)20-37-35(44)26-15-16-30(45-4)31(18-26)46-5/h6-18,29H,19-21H2,1-5H3,(H,37,44)/t29-/m1/s1. The summed E-state index contributed by atoms with van der Waals surface area (Å²) in [6.45, 7) is 6.24. The van der Waals surface area contributed by atoms with Crippen molar-refractivity contribution in [2.24, 2.45) is 5.10 Å². The molecule has 2 amide bonds. The zero-order valence-electron chi connectivity index (χ0n) is 27.4. The first kappa shape index (κ1) is 33.0. The number of thiophene rings is 1. The Labute approximate surface area is 287 Å². The van der Waals surface area contributed by atoms with Gasteiger partial charge in [-0.15, -0.1) is 21.5 Å². The molecular weight excluding hydrogens is 645 g/mol. The van der Waals surface area contributed by atoms with Crippen molar-refractivity contribution in [2.45, 2.75) is 44.9 Å². The maximum atomic E-state index is 13.9. The lowest BCUT2D eigenvalue weighted by atomic mass is 10.00. The lowest BCUT2D eigenvalue weighted by Gasteiger charge is -2.22. The maximum Gasteiger partial charge on any atom is 0.253 e. The van der Waals surface area contributed by atoms with Gasteiger partial charge in [-0.05, 0) is 73.2 Å². The average Bonchev–Trinajstić information content (AvgIpc) is 3.88. The van der Waals surface area contributed by atoms with Crippen LogP contribution in [0.15, 0.2) is 88.4 Å². The molecule has 6 rings (SSSR count). The first-order chi connectivity index (χ1) is 23.3. The second-order valence-corrected chi connectivity index (χ2v) is 13.3. The lowest BCUT2D eigenvalue weighted by Crippen LogP contribution is -2.28. The Morgan fingerprint density at radius 3 is 2.48 bits per heavy atom. The molecule has 0 saturated carbocycles. The predicted molar refractivity (Wildman–Crippen MR) is 189 cm³/mol. The van der Waals surface area contributed by atoms with E-state index < -0.39 is 0 Å². The summed E-state index contributed by atoms with van der Waals surface area (Å²) in [5.74, 6) is 1.20. The Hall–Kier alpha value is -4.94. The number of benzene rings is 3. The van der Waals surface area contributed by atoms with Gasteiger partial charge in [0.1, 0.15) is 0 Å². The fraction of sp³-hybridized carbons (Fsp3) is 0.250. The van der Waals surface area contributed by atoms with Crippen LogP contribution in [0.1, 0.15) is 55.8 Å². The molecule has 48 heavy (non-hydrogen) atoms. The Morgan fingerprint density at radius 2 is 1.75 bits per heavy atom. The number of hydrogen-bond acceptors (Lipinski definition) is 9.